The molecule has 1 N–H and O–H groups in total. The Labute approximate surface area is 196 Å². The van der Waals surface area contributed by atoms with E-state index in [2.05, 4.69) is 35.3 Å². The molecule has 32 heavy (non-hydrogen) atoms. The van der Waals surface area contributed by atoms with Crippen LogP contribution in [0.2, 0.25) is 0 Å². The van der Waals surface area contributed by atoms with E-state index in [9.17, 15) is 4.79 Å². The molecule has 0 radical (unpaired) electrons. The maximum Gasteiger partial charge on any atom is 0.162 e. The summed E-state index contributed by atoms with van der Waals surface area (Å²) in [5.41, 5.74) is 4.73. The van der Waals surface area contributed by atoms with Crippen LogP contribution in [0.1, 0.15) is 75.4 Å². The molecule has 2 aromatic rings. The van der Waals surface area contributed by atoms with Gasteiger partial charge in [-0.25, -0.2) is 0 Å². The molecule has 0 fully saturated rings. The number of nitrogens with one attached hydrogen (secondary N) is 1. The summed E-state index contributed by atoms with van der Waals surface area (Å²) in [5, 5.41) is 3.47. The topological polar surface area (TPSA) is 41.6 Å². The molecule has 0 saturated heterocycles. The lowest BCUT2D eigenvalue weighted by atomic mass is 10.0. The molecule has 4 nitrogen and oxygen atoms in total. The van der Waals surface area contributed by atoms with Gasteiger partial charge in [0.2, 0.25) is 0 Å². The number of anilines is 1. The number of para-hydroxylation sites is 1. The lowest BCUT2D eigenvalue weighted by molar-refractivity contribution is 0.0979. The van der Waals surface area contributed by atoms with Crippen molar-refractivity contribution >= 4 is 11.5 Å². The summed E-state index contributed by atoms with van der Waals surface area (Å²) in [7, 11) is 1.71. The number of Topliss-reactive ketones (excluding diaryl/α,β-unsaturated/α-hetero) is 1. The molecule has 0 amide bonds. The van der Waals surface area contributed by atoms with Crippen molar-refractivity contribution in [3.05, 3.63) is 59.2 Å². The molecule has 1 heterocycles. The monoisotopic (exact) mass is 440 g/mol. The van der Waals surface area contributed by atoms with Gasteiger partial charge in [-0.05, 0) is 81.1 Å². The average Bonchev–Trinajstić information content (AvgIpc) is 3.28. The van der Waals surface area contributed by atoms with Crippen molar-refractivity contribution in [3.8, 4) is 5.75 Å². The minimum atomic E-state index is 0.270. The van der Waals surface area contributed by atoms with E-state index in [1.54, 1.807) is 7.11 Å². The molecule has 0 atom stereocenters. The summed E-state index contributed by atoms with van der Waals surface area (Å²) in [6.07, 6.45) is 4.59. The van der Waals surface area contributed by atoms with Crippen molar-refractivity contribution in [1.82, 2.24) is 5.32 Å². The summed E-state index contributed by atoms with van der Waals surface area (Å²) in [5.74, 6) is 1.22. The Morgan fingerprint density at radius 3 is 2.50 bits per heavy atom. The number of rotatable bonds is 11. The van der Waals surface area contributed by atoms with Gasteiger partial charge in [-0.15, -0.1) is 0 Å². The third-order valence-corrected chi connectivity index (χ3v) is 5.55. The van der Waals surface area contributed by atoms with Crippen LogP contribution in [0.25, 0.3) is 0 Å². The van der Waals surface area contributed by atoms with Crippen LogP contribution >= 0.6 is 0 Å². The third-order valence-electron chi connectivity index (χ3n) is 5.55. The van der Waals surface area contributed by atoms with Gasteiger partial charge in [-0.1, -0.05) is 45.9 Å². The summed E-state index contributed by atoms with van der Waals surface area (Å²) in [6, 6.07) is 14.4. The van der Waals surface area contributed by atoms with Crippen molar-refractivity contribution in [1.29, 1.82) is 0 Å². The highest BCUT2D eigenvalue weighted by Crippen LogP contribution is 2.29. The molecule has 3 rings (SSSR count). The fraction of sp³-hybridized carbons (Fsp3) is 0.536. The predicted octanol–water partition coefficient (Wildman–Crippen LogP) is 6.32. The zero-order valence-electron chi connectivity index (χ0n) is 21.2. The number of likely N-dealkylation sites (N-methyl/N-ethyl adjacent to an activating group) is 1. The highest BCUT2D eigenvalue weighted by molar-refractivity contribution is 5.96. The van der Waals surface area contributed by atoms with Crippen molar-refractivity contribution in [2.24, 2.45) is 0 Å². The Kier molecular flexibility index (Phi) is 14.1. The van der Waals surface area contributed by atoms with Crippen LogP contribution in [-0.2, 0) is 12.8 Å². The van der Waals surface area contributed by atoms with Gasteiger partial charge in [0.05, 0.1) is 7.11 Å². The van der Waals surface area contributed by atoms with E-state index < -0.39 is 0 Å². The standard InChI is InChI=1S/C24H32N2O2.2C2H6/c1-3-26-17-14-20-18-21(11-12-22(20)26)23(27)9-6-7-15-25-16-13-19-8-4-5-10-24(19)28-2;2*1-2/h4-5,8,10-12,18,25H,3,6-7,9,13-17H2,1-2H3;2*1-2H3. The first-order chi connectivity index (χ1) is 15.7. The van der Waals surface area contributed by atoms with Gasteiger partial charge in [-0.3, -0.25) is 4.79 Å². The molecular weight excluding hydrogens is 396 g/mol. The van der Waals surface area contributed by atoms with Crippen LogP contribution in [0.15, 0.2) is 42.5 Å². The largest absolute Gasteiger partial charge is 0.496 e. The van der Waals surface area contributed by atoms with Gasteiger partial charge in [0, 0.05) is 30.8 Å². The van der Waals surface area contributed by atoms with Crippen molar-refractivity contribution in [3.63, 3.8) is 0 Å². The number of methoxy groups -OCH3 is 1. The first-order valence-corrected chi connectivity index (χ1v) is 12.5. The van der Waals surface area contributed by atoms with Crippen LogP contribution in [0.4, 0.5) is 5.69 Å². The van der Waals surface area contributed by atoms with Crippen LogP contribution in [0.3, 0.4) is 0 Å². The maximum atomic E-state index is 12.5. The number of ether oxygens (including phenoxy) is 1. The summed E-state index contributed by atoms with van der Waals surface area (Å²) < 4.78 is 5.38. The number of hydrogen-bond acceptors (Lipinski definition) is 4. The van der Waals surface area contributed by atoms with Gasteiger partial charge in [0.15, 0.2) is 5.78 Å². The van der Waals surface area contributed by atoms with Crippen molar-refractivity contribution < 1.29 is 9.53 Å². The van der Waals surface area contributed by atoms with Gasteiger partial charge < -0.3 is 15.0 Å². The lowest BCUT2D eigenvalue weighted by Crippen LogP contribution is -2.19. The predicted molar refractivity (Wildman–Crippen MR) is 138 cm³/mol. The van der Waals surface area contributed by atoms with E-state index in [-0.39, 0.29) is 5.78 Å². The van der Waals surface area contributed by atoms with Crippen molar-refractivity contribution in [2.75, 3.05) is 38.2 Å². The van der Waals surface area contributed by atoms with Crippen LogP contribution in [0.5, 0.6) is 5.75 Å². The maximum absolute atomic E-state index is 12.5. The number of fused-ring (bicyclic) bond motifs is 1. The molecule has 0 spiro atoms. The van der Waals surface area contributed by atoms with E-state index >= 15 is 0 Å². The molecule has 0 bridgehead atoms. The van der Waals surface area contributed by atoms with Gasteiger partial charge >= 0.3 is 0 Å². The average molecular weight is 441 g/mol. The van der Waals surface area contributed by atoms with Gasteiger partial charge in [0.25, 0.3) is 0 Å². The molecule has 1 aliphatic rings. The quantitative estimate of drug-likeness (QED) is 0.328. The first-order valence-electron chi connectivity index (χ1n) is 12.5. The molecule has 178 valence electrons. The number of nitrogens with zero attached hydrogens (tertiary/aromatic N) is 1. The number of carbonyl (C=O) groups excluding carboxylic acids is 1. The van der Waals surface area contributed by atoms with E-state index in [1.807, 2.05) is 52.0 Å². The number of hydrogen-bond donors (Lipinski definition) is 1. The smallest absolute Gasteiger partial charge is 0.162 e. The minimum absolute atomic E-state index is 0.270. The van der Waals surface area contributed by atoms with E-state index in [4.69, 9.17) is 4.74 Å². The van der Waals surface area contributed by atoms with E-state index in [1.165, 1.54) is 16.8 Å². The normalized spacial score (nSPS) is 11.6. The zero-order chi connectivity index (χ0) is 23.8. The Hall–Kier alpha value is -2.33. The number of unbranched alkanes of at least 4 members (excludes halogenated alkanes) is 1. The van der Waals surface area contributed by atoms with Crippen molar-refractivity contribution in [2.45, 2.75) is 66.7 Å². The van der Waals surface area contributed by atoms with Crippen LogP contribution < -0.4 is 15.0 Å². The summed E-state index contributed by atoms with van der Waals surface area (Å²) >= 11 is 0. The molecule has 2 aromatic carbocycles. The Morgan fingerprint density at radius 2 is 1.78 bits per heavy atom. The fourth-order valence-corrected chi connectivity index (χ4v) is 3.91. The van der Waals surface area contributed by atoms with E-state index in [0.29, 0.717) is 6.42 Å². The Bertz CT molecular complexity index is 789. The SMILES string of the molecule is CC.CC.CCN1CCc2cc(C(=O)CCCCNCCc3ccccc3OC)ccc21. The molecule has 4 heteroatoms. The first kappa shape index (κ1) is 27.7. The molecular formula is C28H44N2O2. The van der Waals surface area contributed by atoms with E-state index in [0.717, 1.165) is 63.2 Å². The minimum Gasteiger partial charge on any atom is -0.496 e. The second-order valence-electron chi connectivity index (χ2n) is 7.37. The van der Waals surface area contributed by atoms with Gasteiger partial charge in [0.1, 0.15) is 5.75 Å². The second-order valence-corrected chi connectivity index (χ2v) is 7.37. The molecule has 0 saturated carbocycles. The van der Waals surface area contributed by atoms with Crippen LogP contribution in [0, 0.1) is 0 Å². The number of carbonyl (C=O) groups is 1. The highest BCUT2D eigenvalue weighted by Gasteiger charge is 2.18. The molecule has 1 aliphatic heterocycles. The molecule has 0 unspecified atom stereocenters. The lowest BCUT2D eigenvalue weighted by Gasteiger charge is -2.16. The Morgan fingerprint density at radius 1 is 1.03 bits per heavy atom. The molecule has 0 aliphatic carbocycles. The van der Waals surface area contributed by atoms with Crippen LogP contribution in [-0.4, -0.2) is 39.1 Å². The highest BCUT2D eigenvalue weighted by atomic mass is 16.5. The zero-order valence-corrected chi connectivity index (χ0v) is 21.2. The fourth-order valence-electron chi connectivity index (χ4n) is 3.91. The number of benzene rings is 2. The number of ketones is 1. The van der Waals surface area contributed by atoms with Gasteiger partial charge in [-0.2, -0.15) is 0 Å². The second kappa shape index (κ2) is 16.3. The summed E-state index contributed by atoms with van der Waals surface area (Å²) in [6.45, 7) is 14.2. The summed E-state index contributed by atoms with van der Waals surface area (Å²) in [4.78, 5) is 14.9. The molecule has 0 aromatic heterocycles. The third kappa shape index (κ3) is 8.31. The Balaban J connectivity index is 0.00000121.